The van der Waals surface area contributed by atoms with Gasteiger partial charge in [0.25, 0.3) is 5.91 Å². The van der Waals surface area contributed by atoms with Crippen LogP contribution in [0, 0.1) is 10.1 Å². The zero-order valence-electron chi connectivity index (χ0n) is 14.0. The number of carbonyl (C=O) groups is 2. The molecule has 0 saturated heterocycles. The third kappa shape index (κ3) is 3.48. The number of fused-ring (bicyclic) bond motifs is 1. The van der Waals surface area contributed by atoms with E-state index in [2.05, 4.69) is 10.3 Å². The molecule has 0 unspecified atom stereocenters. The van der Waals surface area contributed by atoms with Gasteiger partial charge >= 0.3 is 5.82 Å². The van der Waals surface area contributed by atoms with E-state index in [0.29, 0.717) is 11.4 Å². The van der Waals surface area contributed by atoms with Crippen LogP contribution in [0.5, 0.6) is 5.75 Å². The lowest BCUT2D eigenvalue weighted by atomic mass is 10.1. The second kappa shape index (κ2) is 7.21. The van der Waals surface area contributed by atoms with Crippen LogP contribution in [0.4, 0.5) is 11.5 Å². The predicted molar refractivity (Wildman–Crippen MR) is 90.8 cm³/mol. The molecular weight excluding hydrogens is 342 g/mol. The van der Waals surface area contributed by atoms with Crippen molar-refractivity contribution in [2.75, 3.05) is 18.5 Å². The first-order chi connectivity index (χ1) is 12.5. The summed E-state index contributed by atoms with van der Waals surface area (Å²) in [5.41, 5.74) is 0.592. The minimum atomic E-state index is -0.798. The van der Waals surface area contributed by atoms with Crippen LogP contribution < -0.4 is 15.0 Å². The Labute approximate surface area is 148 Å². The number of imidazole rings is 1. The number of hydrogen-bond acceptors (Lipinski definition) is 6. The number of nitrogens with one attached hydrogen (secondary N) is 1. The molecule has 0 aliphatic carbocycles. The standard InChI is InChI=1S/C16H17N5O5/c1-17-16(23)13-8-20(11-4-2-3-5-12(11)26-13)15(22)6-7-19-9-14(18-10-19)21(24)25/h2-5,9-10,13H,6-8H2,1H3,(H,17,23)/t13-/m0/s1. The van der Waals surface area contributed by atoms with Crippen molar-refractivity contribution in [3.05, 3.63) is 46.9 Å². The van der Waals surface area contributed by atoms with Crippen LogP contribution in [0.1, 0.15) is 6.42 Å². The maximum atomic E-state index is 12.7. The van der Waals surface area contributed by atoms with Crippen LogP contribution in [-0.4, -0.2) is 46.0 Å². The molecule has 10 nitrogen and oxygen atoms in total. The Hall–Kier alpha value is -3.43. The van der Waals surface area contributed by atoms with E-state index >= 15 is 0 Å². The number of likely N-dealkylation sites (N-methyl/N-ethyl adjacent to an activating group) is 1. The lowest BCUT2D eigenvalue weighted by Crippen LogP contribution is -2.50. The highest BCUT2D eigenvalue weighted by molar-refractivity contribution is 5.97. The SMILES string of the molecule is CNC(=O)[C@@H]1CN(C(=O)CCn2cnc([N+](=O)[O-])c2)c2ccccc2O1. The van der Waals surface area contributed by atoms with Crippen LogP contribution in [0.2, 0.25) is 0 Å². The highest BCUT2D eigenvalue weighted by Crippen LogP contribution is 2.33. The second-order valence-electron chi connectivity index (χ2n) is 5.67. The number of nitrogens with zero attached hydrogens (tertiary/aromatic N) is 4. The Bertz CT molecular complexity index is 849. The van der Waals surface area contributed by atoms with Gasteiger partial charge in [0.15, 0.2) is 6.10 Å². The first kappa shape index (κ1) is 17.4. The molecule has 0 spiro atoms. The molecule has 1 aromatic heterocycles. The highest BCUT2D eigenvalue weighted by atomic mass is 16.6. The largest absolute Gasteiger partial charge is 0.477 e. The molecule has 3 rings (SSSR count). The molecule has 2 aromatic rings. The van der Waals surface area contributed by atoms with Crippen LogP contribution in [0.15, 0.2) is 36.8 Å². The van der Waals surface area contributed by atoms with E-state index in [-0.39, 0.29) is 37.1 Å². The number of ether oxygens (including phenoxy) is 1. The van der Waals surface area contributed by atoms with Gasteiger partial charge in [-0.25, -0.2) is 0 Å². The summed E-state index contributed by atoms with van der Waals surface area (Å²) in [6, 6.07) is 6.99. The molecule has 1 atom stereocenters. The molecule has 1 N–H and O–H groups in total. The van der Waals surface area contributed by atoms with Crippen molar-refractivity contribution in [2.24, 2.45) is 0 Å². The fourth-order valence-corrected chi connectivity index (χ4v) is 2.69. The van der Waals surface area contributed by atoms with E-state index in [0.717, 1.165) is 0 Å². The van der Waals surface area contributed by atoms with E-state index in [1.807, 2.05) is 0 Å². The molecule has 136 valence electrons. The molecule has 0 bridgehead atoms. The van der Waals surface area contributed by atoms with Gasteiger partial charge in [-0.05, 0) is 22.0 Å². The molecule has 1 aliphatic rings. The Kier molecular flexibility index (Phi) is 4.83. The van der Waals surface area contributed by atoms with Gasteiger partial charge in [0.1, 0.15) is 11.9 Å². The van der Waals surface area contributed by atoms with Crippen molar-refractivity contribution < 1.29 is 19.2 Å². The van der Waals surface area contributed by atoms with Gasteiger partial charge in [-0.2, -0.15) is 0 Å². The first-order valence-corrected chi connectivity index (χ1v) is 7.93. The number of anilines is 1. The number of benzene rings is 1. The van der Waals surface area contributed by atoms with Crippen molar-refractivity contribution in [1.82, 2.24) is 14.9 Å². The number of amides is 2. The monoisotopic (exact) mass is 359 g/mol. The average molecular weight is 359 g/mol. The Morgan fingerprint density at radius 1 is 1.42 bits per heavy atom. The summed E-state index contributed by atoms with van der Waals surface area (Å²) >= 11 is 0. The number of aromatic nitrogens is 2. The second-order valence-corrected chi connectivity index (χ2v) is 5.67. The molecular formula is C16H17N5O5. The van der Waals surface area contributed by atoms with Crippen molar-refractivity contribution >= 4 is 23.3 Å². The maximum Gasteiger partial charge on any atom is 0.381 e. The van der Waals surface area contributed by atoms with Crippen LogP contribution in [0.3, 0.4) is 0 Å². The molecule has 0 radical (unpaired) electrons. The summed E-state index contributed by atoms with van der Waals surface area (Å²) in [4.78, 5) is 39.9. The molecule has 0 saturated carbocycles. The quantitative estimate of drug-likeness (QED) is 0.620. The van der Waals surface area contributed by atoms with Crippen LogP contribution in [-0.2, 0) is 16.1 Å². The smallest absolute Gasteiger partial charge is 0.381 e. The molecule has 10 heteroatoms. The molecule has 26 heavy (non-hydrogen) atoms. The fraction of sp³-hybridized carbons (Fsp3) is 0.312. The Morgan fingerprint density at radius 3 is 2.88 bits per heavy atom. The Morgan fingerprint density at radius 2 is 2.19 bits per heavy atom. The van der Waals surface area contributed by atoms with Gasteiger partial charge < -0.3 is 29.6 Å². The van der Waals surface area contributed by atoms with E-state index < -0.39 is 11.0 Å². The zero-order valence-corrected chi connectivity index (χ0v) is 14.0. The fourth-order valence-electron chi connectivity index (χ4n) is 2.69. The number of aryl methyl sites for hydroxylation is 1. The van der Waals surface area contributed by atoms with E-state index in [9.17, 15) is 19.7 Å². The van der Waals surface area contributed by atoms with Crippen LogP contribution >= 0.6 is 0 Å². The van der Waals surface area contributed by atoms with E-state index in [1.54, 1.807) is 24.3 Å². The number of hydrogen-bond donors (Lipinski definition) is 1. The lowest BCUT2D eigenvalue weighted by molar-refractivity contribution is -0.389. The van der Waals surface area contributed by atoms with Gasteiger partial charge in [0.05, 0.1) is 12.2 Å². The van der Waals surface area contributed by atoms with Gasteiger partial charge in [-0.3, -0.25) is 9.59 Å². The van der Waals surface area contributed by atoms with Gasteiger partial charge in [0.2, 0.25) is 12.2 Å². The predicted octanol–water partition coefficient (Wildman–Crippen LogP) is 0.722. The van der Waals surface area contributed by atoms with Crippen molar-refractivity contribution in [3.63, 3.8) is 0 Å². The molecule has 1 aliphatic heterocycles. The van der Waals surface area contributed by atoms with Gasteiger partial charge in [0, 0.05) is 20.0 Å². The van der Waals surface area contributed by atoms with E-state index in [4.69, 9.17) is 4.74 Å². The first-order valence-electron chi connectivity index (χ1n) is 7.93. The number of para-hydroxylation sites is 2. The van der Waals surface area contributed by atoms with Gasteiger partial charge in [-0.15, -0.1) is 0 Å². The topological polar surface area (TPSA) is 120 Å². The zero-order chi connectivity index (χ0) is 18.7. The minimum absolute atomic E-state index is 0.0968. The molecule has 2 amide bonds. The van der Waals surface area contributed by atoms with Gasteiger partial charge in [-0.1, -0.05) is 12.1 Å². The minimum Gasteiger partial charge on any atom is -0.477 e. The molecule has 2 heterocycles. The normalized spacial score (nSPS) is 15.7. The number of carbonyl (C=O) groups excluding carboxylic acids is 2. The summed E-state index contributed by atoms with van der Waals surface area (Å²) in [7, 11) is 1.50. The summed E-state index contributed by atoms with van der Waals surface area (Å²) in [6.45, 7) is 0.337. The van der Waals surface area contributed by atoms with Crippen molar-refractivity contribution in [1.29, 1.82) is 0 Å². The average Bonchev–Trinajstić information content (AvgIpc) is 3.14. The number of nitro groups is 1. The Balaban J connectivity index is 1.74. The van der Waals surface area contributed by atoms with E-state index in [1.165, 1.54) is 29.0 Å². The van der Waals surface area contributed by atoms with Crippen LogP contribution in [0.25, 0.3) is 0 Å². The summed E-state index contributed by atoms with van der Waals surface area (Å²) in [6.07, 6.45) is 1.88. The van der Waals surface area contributed by atoms with Crippen molar-refractivity contribution in [2.45, 2.75) is 19.1 Å². The third-order valence-corrected chi connectivity index (χ3v) is 4.00. The summed E-state index contributed by atoms with van der Waals surface area (Å²) in [5, 5.41) is 13.2. The maximum absolute atomic E-state index is 12.7. The molecule has 1 aromatic carbocycles. The molecule has 0 fully saturated rings. The van der Waals surface area contributed by atoms with Crippen molar-refractivity contribution in [3.8, 4) is 5.75 Å². The number of rotatable bonds is 5. The summed E-state index contributed by atoms with van der Waals surface area (Å²) < 4.78 is 7.15. The summed E-state index contributed by atoms with van der Waals surface area (Å²) in [5.74, 6) is -0.346. The highest BCUT2D eigenvalue weighted by Gasteiger charge is 2.33. The lowest BCUT2D eigenvalue weighted by Gasteiger charge is -2.34. The third-order valence-electron chi connectivity index (χ3n) is 4.00.